The van der Waals surface area contributed by atoms with Crippen LogP contribution in [0.3, 0.4) is 0 Å². The van der Waals surface area contributed by atoms with Gasteiger partial charge in [0.2, 0.25) is 0 Å². The van der Waals surface area contributed by atoms with Crippen molar-refractivity contribution in [2.45, 2.75) is 6.61 Å². The van der Waals surface area contributed by atoms with E-state index in [0.717, 1.165) is 0 Å². The number of para-hydroxylation sites is 1. The normalized spacial score (nSPS) is 9.38. The predicted molar refractivity (Wildman–Crippen MR) is 75.9 cm³/mol. The van der Waals surface area contributed by atoms with E-state index in [2.05, 4.69) is 11.8 Å². The Morgan fingerprint density at radius 1 is 1.19 bits per heavy atom. The second-order valence-electron chi connectivity index (χ2n) is 4.16. The number of rotatable bonds is 3. The number of halogens is 1. The highest BCUT2D eigenvalue weighted by Gasteiger charge is 2.06. The van der Waals surface area contributed by atoms with E-state index in [4.69, 9.17) is 15.1 Å². The van der Waals surface area contributed by atoms with E-state index in [-0.39, 0.29) is 13.2 Å². The summed E-state index contributed by atoms with van der Waals surface area (Å²) in [6.45, 7) is -0.244. The number of nitrogens with zero attached hydrogens (tertiary/aromatic N) is 1. The Balaban J connectivity index is 2.19. The minimum absolute atomic E-state index is 0.000822. The summed E-state index contributed by atoms with van der Waals surface area (Å²) in [6, 6.07) is 13.1. The molecule has 0 aliphatic carbocycles. The van der Waals surface area contributed by atoms with E-state index >= 15 is 0 Å². The standard InChI is InChI=1S/C17H12FNO2/c18-16-8-7-13(11-19)10-15(16)12-21-17-6-2-1-4-14(17)5-3-9-20/h1-2,4,6-8,10,20H,9,12H2. The van der Waals surface area contributed by atoms with E-state index in [9.17, 15) is 4.39 Å². The van der Waals surface area contributed by atoms with Crippen molar-refractivity contribution in [3.63, 3.8) is 0 Å². The van der Waals surface area contributed by atoms with Crippen LogP contribution < -0.4 is 4.74 Å². The van der Waals surface area contributed by atoms with Crippen molar-refractivity contribution in [2.75, 3.05) is 6.61 Å². The fourth-order valence-electron chi connectivity index (χ4n) is 1.74. The zero-order chi connectivity index (χ0) is 15.1. The first-order valence-electron chi connectivity index (χ1n) is 6.24. The molecule has 0 aliphatic rings. The van der Waals surface area contributed by atoms with Gasteiger partial charge in [0, 0.05) is 5.56 Å². The zero-order valence-corrected chi connectivity index (χ0v) is 11.1. The van der Waals surface area contributed by atoms with Gasteiger partial charge in [0.1, 0.15) is 24.8 Å². The second-order valence-corrected chi connectivity index (χ2v) is 4.16. The molecule has 0 radical (unpaired) electrons. The van der Waals surface area contributed by atoms with Gasteiger partial charge in [0.15, 0.2) is 0 Å². The third kappa shape index (κ3) is 3.82. The van der Waals surface area contributed by atoms with Crippen LogP contribution in [0.25, 0.3) is 0 Å². The molecule has 2 rings (SSSR count). The van der Waals surface area contributed by atoms with Crippen molar-refractivity contribution in [1.82, 2.24) is 0 Å². The zero-order valence-electron chi connectivity index (χ0n) is 11.1. The molecule has 0 fully saturated rings. The minimum atomic E-state index is -0.423. The largest absolute Gasteiger partial charge is 0.487 e. The average Bonchev–Trinajstić information content (AvgIpc) is 2.53. The van der Waals surface area contributed by atoms with Crippen LogP contribution in [0.15, 0.2) is 42.5 Å². The number of hydrogen-bond donors (Lipinski definition) is 1. The molecule has 0 aromatic heterocycles. The fraction of sp³-hybridized carbons (Fsp3) is 0.118. The van der Waals surface area contributed by atoms with Gasteiger partial charge in [0.05, 0.1) is 17.2 Å². The van der Waals surface area contributed by atoms with Gasteiger partial charge in [-0.2, -0.15) is 5.26 Å². The number of ether oxygens (including phenoxy) is 1. The van der Waals surface area contributed by atoms with E-state index in [1.54, 1.807) is 24.3 Å². The van der Waals surface area contributed by atoms with Crippen LogP contribution in [-0.4, -0.2) is 11.7 Å². The van der Waals surface area contributed by atoms with Gasteiger partial charge in [-0.25, -0.2) is 4.39 Å². The lowest BCUT2D eigenvalue weighted by molar-refractivity contribution is 0.299. The van der Waals surface area contributed by atoms with Crippen LogP contribution in [0.5, 0.6) is 5.75 Å². The summed E-state index contributed by atoms with van der Waals surface area (Å²) in [6.07, 6.45) is 0. The van der Waals surface area contributed by atoms with E-state index in [1.807, 2.05) is 6.07 Å². The molecule has 0 atom stereocenters. The summed E-state index contributed by atoms with van der Waals surface area (Å²) in [5.74, 6) is 5.38. The molecule has 0 bridgehead atoms. The van der Waals surface area contributed by atoms with Gasteiger partial charge in [0.25, 0.3) is 0 Å². The highest BCUT2D eigenvalue weighted by molar-refractivity contribution is 5.46. The first-order chi connectivity index (χ1) is 10.2. The van der Waals surface area contributed by atoms with E-state index in [0.29, 0.717) is 22.4 Å². The lowest BCUT2D eigenvalue weighted by Gasteiger charge is -2.09. The summed E-state index contributed by atoms with van der Waals surface area (Å²) < 4.78 is 19.2. The van der Waals surface area contributed by atoms with Crippen LogP contribution >= 0.6 is 0 Å². The van der Waals surface area contributed by atoms with E-state index < -0.39 is 5.82 Å². The van der Waals surface area contributed by atoms with Gasteiger partial charge < -0.3 is 9.84 Å². The topological polar surface area (TPSA) is 53.2 Å². The molecule has 0 spiro atoms. The quantitative estimate of drug-likeness (QED) is 0.880. The third-order valence-electron chi connectivity index (χ3n) is 2.75. The maximum absolute atomic E-state index is 13.7. The Morgan fingerprint density at radius 2 is 2.00 bits per heavy atom. The van der Waals surface area contributed by atoms with Gasteiger partial charge in [-0.15, -0.1) is 0 Å². The maximum Gasteiger partial charge on any atom is 0.135 e. The van der Waals surface area contributed by atoms with Crippen LogP contribution in [0.1, 0.15) is 16.7 Å². The Labute approximate surface area is 122 Å². The lowest BCUT2D eigenvalue weighted by Crippen LogP contribution is -2.00. The summed E-state index contributed by atoms with van der Waals surface area (Å²) in [4.78, 5) is 0. The van der Waals surface area contributed by atoms with Crippen molar-refractivity contribution in [3.8, 4) is 23.7 Å². The summed E-state index contributed by atoms with van der Waals surface area (Å²) >= 11 is 0. The third-order valence-corrected chi connectivity index (χ3v) is 2.75. The molecule has 1 N–H and O–H groups in total. The summed E-state index contributed by atoms with van der Waals surface area (Å²) in [7, 11) is 0. The number of nitriles is 1. The molecule has 0 unspecified atom stereocenters. The molecule has 2 aromatic carbocycles. The Hall–Kier alpha value is -2.82. The molecule has 0 heterocycles. The van der Waals surface area contributed by atoms with Gasteiger partial charge in [-0.05, 0) is 30.3 Å². The van der Waals surface area contributed by atoms with Crippen molar-refractivity contribution < 1.29 is 14.2 Å². The van der Waals surface area contributed by atoms with Crippen molar-refractivity contribution in [1.29, 1.82) is 5.26 Å². The molecule has 0 saturated carbocycles. The van der Waals surface area contributed by atoms with E-state index in [1.165, 1.54) is 18.2 Å². The molecular formula is C17H12FNO2. The Bertz CT molecular complexity index is 738. The highest BCUT2D eigenvalue weighted by Crippen LogP contribution is 2.19. The first kappa shape index (κ1) is 14.6. The number of benzene rings is 2. The van der Waals surface area contributed by atoms with Gasteiger partial charge in [-0.3, -0.25) is 0 Å². The number of aliphatic hydroxyl groups excluding tert-OH is 1. The van der Waals surface area contributed by atoms with Gasteiger partial charge in [-0.1, -0.05) is 24.0 Å². The van der Waals surface area contributed by atoms with Crippen LogP contribution in [0, 0.1) is 29.0 Å². The van der Waals surface area contributed by atoms with Crippen LogP contribution in [0.2, 0.25) is 0 Å². The predicted octanol–water partition coefficient (Wildman–Crippen LogP) is 2.62. The molecule has 0 amide bonds. The van der Waals surface area contributed by atoms with Crippen molar-refractivity contribution >= 4 is 0 Å². The molecular weight excluding hydrogens is 269 g/mol. The highest BCUT2D eigenvalue weighted by atomic mass is 19.1. The molecule has 3 nitrogen and oxygen atoms in total. The number of aliphatic hydroxyl groups is 1. The molecule has 21 heavy (non-hydrogen) atoms. The van der Waals surface area contributed by atoms with Crippen LogP contribution in [0.4, 0.5) is 4.39 Å². The lowest BCUT2D eigenvalue weighted by atomic mass is 10.1. The Kier molecular flexibility index (Phi) is 4.93. The second kappa shape index (κ2) is 7.09. The van der Waals surface area contributed by atoms with Crippen LogP contribution in [-0.2, 0) is 6.61 Å². The summed E-state index contributed by atoms with van der Waals surface area (Å²) in [5, 5.41) is 17.6. The molecule has 0 aliphatic heterocycles. The van der Waals surface area contributed by atoms with Crippen molar-refractivity contribution in [2.24, 2.45) is 0 Å². The Morgan fingerprint density at radius 3 is 2.76 bits per heavy atom. The average molecular weight is 281 g/mol. The minimum Gasteiger partial charge on any atom is -0.487 e. The smallest absolute Gasteiger partial charge is 0.135 e. The monoisotopic (exact) mass is 281 g/mol. The first-order valence-corrected chi connectivity index (χ1v) is 6.24. The molecule has 104 valence electrons. The number of hydrogen-bond acceptors (Lipinski definition) is 3. The van der Waals surface area contributed by atoms with Gasteiger partial charge >= 0.3 is 0 Å². The SMILES string of the molecule is N#Cc1ccc(F)c(COc2ccccc2C#CCO)c1. The molecule has 0 saturated heterocycles. The summed E-state index contributed by atoms with van der Waals surface area (Å²) in [5.41, 5.74) is 1.30. The fourth-order valence-corrected chi connectivity index (χ4v) is 1.74. The van der Waals surface area contributed by atoms with Crippen molar-refractivity contribution in [3.05, 3.63) is 65.0 Å². The maximum atomic E-state index is 13.7. The molecule has 4 heteroatoms. The molecule has 2 aromatic rings.